The van der Waals surface area contributed by atoms with Gasteiger partial charge in [-0.2, -0.15) is 0 Å². The number of nitrogen functional groups attached to an aromatic ring is 1. The summed E-state index contributed by atoms with van der Waals surface area (Å²) < 4.78 is 9.23. The maximum Gasteiger partial charge on any atom is 0.334 e. The molecular weight excluding hydrogens is 442 g/mol. The van der Waals surface area contributed by atoms with E-state index in [0.29, 0.717) is 42.2 Å². The van der Waals surface area contributed by atoms with Crippen LogP contribution in [-0.4, -0.2) is 38.0 Å². The van der Waals surface area contributed by atoms with E-state index in [1.807, 2.05) is 54.6 Å². The smallest absolute Gasteiger partial charge is 0.334 e. The number of pyridine rings is 1. The molecule has 2 aromatic carbocycles. The molecule has 1 aliphatic rings. The van der Waals surface area contributed by atoms with Crippen LogP contribution in [0.4, 0.5) is 5.82 Å². The lowest BCUT2D eigenvalue weighted by Crippen LogP contribution is -2.42. The van der Waals surface area contributed by atoms with E-state index >= 15 is 0 Å². The third-order valence-electron chi connectivity index (χ3n) is 6.40. The van der Waals surface area contributed by atoms with Gasteiger partial charge in [0.2, 0.25) is 5.91 Å². The largest absolute Gasteiger partial charge is 0.489 e. The average molecular weight is 470 g/mol. The third kappa shape index (κ3) is 4.30. The number of fused-ring (bicyclic) bond motifs is 1. The van der Waals surface area contributed by atoms with E-state index < -0.39 is 0 Å². The number of hydrogen-bond donors (Lipinski definition) is 1. The normalized spacial score (nSPS) is 15.8. The van der Waals surface area contributed by atoms with Gasteiger partial charge in [0.25, 0.3) is 0 Å². The number of anilines is 1. The first-order chi connectivity index (χ1) is 17.1. The summed E-state index contributed by atoms with van der Waals surface area (Å²) in [6.07, 6.45) is 4.51. The first-order valence-corrected chi connectivity index (χ1v) is 11.6. The lowest BCUT2D eigenvalue weighted by molar-refractivity contribution is -0.127. The fraction of sp³-hybridized carbons (Fsp3) is 0.222. The first kappa shape index (κ1) is 22.5. The molecule has 0 saturated carbocycles. The Hall–Kier alpha value is -4.33. The fourth-order valence-corrected chi connectivity index (χ4v) is 4.71. The van der Waals surface area contributed by atoms with Gasteiger partial charge >= 0.3 is 5.69 Å². The van der Waals surface area contributed by atoms with Crippen LogP contribution in [0.25, 0.3) is 16.7 Å². The quantitative estimate of drug-likeness (QED) is 0.435. The number of likely N-dealkylation sites (tertiary alicyclic amines) is 1. The lowest BCUT2D eigenvalue weighted by Gasteiger charge is -2.32. The van der Waals surface area contributed by atoms with E-state index in [4.69, 9.17) is 10.5 Å². The molecule has 1 amide bonds. The Morgan fingerprint density at radius 2 is 1.91 bits per heavy atom. The highest BCUT2D eigenvalue weighted by atomic mass is 16.5. The first-order valence-electron chi connectivity index (χ1n) is 11.6. The van der Waals surface area contributed by atoms with Crippen molar-refractivity contribution in [1.82, 2.24) is 19.0 Å². The zero-order valence-corrected chi connectivity index (χ0v) is 19.3. The number of nitrogens with two attached hydrogens (primary N) is 1. The minimum atomic E-state index is -0.212. The SMILES string of the molecule is C=CC(=O)N1CCC[C@@H](n2c(=O)n(-c3ccc(OCc4ccccc4)cc3)c3c(N)nccc32)C1. The number of aromatic nitrogens is 3. The van der Waals surface area contributed by atoms with Gasteiger partial charge in [-0.05, 0) is 54.8 Å². The Balaban J connectivity index is 1.50. The second kappa shape index (κ2) is 9.50. The molecule has 2 N–H and O–H groups in total. The third-order valence-corrected chi connectivity index (χ3v) is 6.40. The van der Waals surface area contributed by atoms with E-state index in [-0.39, 0.29) is 23.5 Å². The summed E-state index contributed by atoms with van der Waals surface area (Å²) in [6.45, 7) is 5.15. The molecule has 4 aromatic rings. The number of amides is 1. The molecule has 0 bridgehead atoms. The van der Waals surface area contributed by atoms with Crippen molar-refractivity contribution in [3.05, 3.63) is 95.6 Å². The molecule has 0 unspecified atom stereocenters. The van der Waals surface area contributed by atoms with Gasteiger partial charge in [-0.25, -0.2) is 9.78 Å². The predicted molar refractivity (Wildman–Crippen MR) is 136 cm³/mol. The Morgan fingerprint density at radius 3 is 2.66 bits per heavy atom. The van der Waals surface area contributed by atoms with Crippen LogP contribution in [0, 0.1) is 0 Å². The van der Waals surface area contributed by atoms with Crippen molar-refractivity contribution in [3.8, 4) is 11.4 Å². The van der Waals surface area contributed by atoms with Gasteiger partial charge in [0.05, 0.1) is 17.2 Å². The van der Waals surface area contributed by atoms with Crippen molar-refractivity contribution < 1.29 is 9.53 Å². The van der Waals surface area contributed by atoms with Crippen molar-refractivity contribution in [2.75, 3.05) is 18.8 Å². The van der Waals surface area contributed by atoms with Crippen LogP contribution in [-0.2, 0) is 11.4 Å². The highest BCUT2D eigenvalue weighted by Crippen LogP contribution is 2.29. The topological polar surface area (TPSA) is 95.4 Å². The molecule has 1 fully saturated rings. The molecule has 35 heavy (non-hydrogen) atoms. The molecule has 0 aliphatic carbocycles. The number of imidazole rings is 1. The van der Waals surface area contributed by atoms with E-state index in [9.17, 15) is 9.59 Å². The summed E-state index contributed by atoms with van der Waals surface area (Å²) in [5.74, 6) is 0.850. The minimum absolute atomic E-state index is 0.126. The predicted octanol–water partition coefficient (Wildman–Crippen LogP) is 3.70. The molecule has 1 saturated heterocycles. The van der Waals surface area contributed by atoms with Crippen LogP contribution in [0.15, 0.2) is 84.3 Å². The average Bonchev–Trinajstić information content (AvgIpc) is 3.21. The zero-order chi connectivity index (χ0) is 24.4. The van der Waals surface area contributed by atoms with Crippen LogP contribution >= 0.6 is 0 Å². The maximum absolute atomic E-state index is 13.8. The summed E-state index contributed by atoms with van der Waals surface area (Å²) >= 11 is 0. The van der Waals surface area contributed by atoms with Crippen LogP contribution in [0.3, 0.4) is 0 Å². The van der Waals surface area contributed by atoms with Crippen LogP contribution in [0.1, 0.15) is 24.4 Å². The monoisotopic (exact) mass is 469 g/mol. The van der Waals surface area contributed by atoms with Crippen molar-refractivity contribution >= 4 is 22.8 Å². The molecule has 3 heterocycles. The Kier molecular flexibility index (Phi) is 6.10. The molecule has 1 atom stereocenters. The van der Waals surface area contributed by atoms with Gasteiger partial charge < -0.3 is 15.4 Å². The summed E-state index contributed by atoms with van der Waals surface area (Å²) in [5, 5.41) is 0. The van der Waals surface area contributed by atoms with Crippen molar-refractivity contribution in [2.24, 2.45) is 0 Å². The van der Waals surface area contributed by atoms with Crippen LogP contribution < -0.4 is 16.2 Å². The highest BCUT2D eigenvalue weighted by molar-refractivity contribution is 5.88. The Morgan fingerprint density at radius 1 is 1.14 bits per heavy atom. The van der Waals surface area contributed by atoms with E-state index in [2.05, 4.69) is 11.6 Å². The Labute approximate surface area is 202 Å². The number of benzene rings is 2. The molecule has 8 heteroatoms. The standard InChI is InChI=1S/C27H27N5O3/c1-2-24(33)30-16-6-9-21(17-30)31-23-14-15-29-26(28)25(23)32(27(31)34)20-10-12-22(13-11-20)35-18-19-7-4-3-5-8-19/h2-5,7-8,10-15,21H,1,6,9,16-18H2,(H2,28,29)/t21-/m1/s1. The molecule has 2 aromatic heterocycles. The van der Waals surface area contributed by atoms with E-state index in [1.54, 1.807) is 26.3 Å². The van der Waals surface area contributed by atoms with Crippen LogP contribution in [0.5, 0.6) is 5.75 Å². The molecule has 178 valence electrons. The highest BCUT2D eigenvalue weighted by Gasteiger charge is 2.28. The lowest BCUT2D eigenvalue weighted by atomic mass is 10.1. The number of hydrogen-bond acceptors (Lipinski definition) is 5. The van der Waals surface area contributed by atoms with Gasteiger partial charge in [-0.15, -0.1) is 0 Å². The number of piperidine rings is 1. The molecule has 0 spiro atoms. The number of ether oxygens (including phenoxy) is 1. The summed E-state index contributed by atoms with van der Waals surface area (Å²) in [4.78, 5) is 32.0. The van der Waals surface area contributed by atoms with E-state index in [1.165, 1.54) is 6.08 Å². The van der Waals surface area contributed by atoms with Gasteiger partial charge in [-0.3, -0.25) is 13.9 Å². The second-order valence-corrected chi connectivity index (χ2v) is 8.60. The van der Waals surface area contributed by atoms with Crippen molar-refractivity contribution in [1.29, 1.82) is 0 Å². The summed E-state index contributed by atoms with van der Waals surface area (Å²) in [5.41, 5.74) is 9.05. The number of carbonyl (C=O) groups is 1. The Bertz CT molecular complexity index is 1420. The fourth-order valence-electron chi connectivity index (χ4n) is 4.71. The van der Waals surface area contributed by atoms with Crippen molar-refractivity contribution in [3.63, 3.8) is 0 Å². The minimum Gasteiger partial charge on any atom is -0.489 e. The van der Waals surface area contributed by atoms with Gasteiger partial charge in [0, 0.05) is 19.3 Å². The summed E-state index contributed by atoms with van der Waals surface area (Å²) in [7, 11) is 0. The molecule has 1 aliphatic heterocycles. The van der Waals surface area contributed by atoms with Gasteiger partial charge in [-0.1, -0.05) is 36.9 Å². The number of nitrogens with zero attached hydrogens (tertiary/aromatic N) is 4. The zero-order valence-electron chi connectivity index (χ0n) is 19.3. The maximum atomic E-state index is 13.8. The molecule has 8 nitrogen and oxygen atoms in total. The van der Waals surface area contributed by atoms with Crippen molar-refractivity contribution in [2.45, 2.75) is 25.5 Å². The van der Waals surface area contributed by atoms with Crippen LogP contribution in [0.2, 0.25) is 0 Å². The van der Waals surface area contributed by atoms with E-state index in [0.717, 1.165) is 18.4 Å². The van der Waals surface area contributed by atoms with Gasteiger partial charge in [0.1, 0.15) is 23.7 Å². The second-order valence-electron chi connectivity index (χ2n) is 8.60. The molecule has 5 rings (SSSR count). The van der Waals surface area contributed by atoms with Gasteiger partial charge in [0.15, 0.2) is 0 Å². The molecule has 0 radical (unpaired) electrons. The number of carbonyl (C=O) groups excluding carboxylic acids is 1. The number of rotatable bonds is 6. The summed E-state index contributed by atoms with van der Waals surface area (Å²) in [6, 6.07) is 18.9. The molecular formula is C27H27N5O3.